The number of benzene rings is 2. The molecule has 1 aromatic heterocycles. The summed E-state index contributed by atoms with van der Waals surface area (Å²) >= 11 is 0. The first kappa shape index (κ1) is 22.2. The van der Waals surface area contributed by atoms with Crippen molar-refractivity contribution in [3.05, 3.63) is 77.9 Å². The maximum atomic E-state index is 12.6. The standard InChI is InChI=1S/C23H27N5O3S/c29-23(25-15-20-3-5-21(6-4-20)16-27-18-24-17-26-27)12-9-19-7-10-22(11-8-19)32(30,31)28-13-1-2-14-28/h3-8,10-11,17-18H,1-2,9,12-16H2,(H,25,29). The number of sulfonamides is 1. The van der Waals surface area contributed by atoms with Crippen LogP contribution in [-0.4, -0.2) is 46.5 Å². The summed E-state index contributed by atoms with van der Waals surface area (Å²) in [4.78, 5) is 16.5. The van der Waals surface area contributed by atoms with Crippen LogP contribution in [0, 0.1) is 0 Å². The van der Waals surface area contributed by atoms with Crippen LogP contribution in [0.2, 0.25) is 0 Å². The van der Waals surface area contributed by atoms with Crippen molar-refractivity contribution >= 4 is 15.9 Å². The Labute approximate surface area is 188 Å². The highest BCUT2D eigenvalue weighted by Crippen LogP contribution is 2.21. The second kappa shape index (κ2) is 10.1. The van der Waals surface area contributed by atoms with Crippen LogP contribution in [0.5, 0.6) is 0 Å². The third kappa shape index (κ3) is 5.60. The summed E-state index contributed by atoms with van der Waals surface area (Å²) < 4.78 is 28.5. The number of amides is 1. The molecule has 1 aliphatic rings. The van der Waals surface area contributed by atoms with Gasteiger partial charge in [-0.3, -0.25) is 4.79 Å². The van der Waals surface area contributed by atoms with Gasteiger partial charge >= 0.3 is 0 Å². The first-order valence-electron chi connectivity index (χ1n) is 10.8. The zero-order valence-electron chi connectivity index (χ0n) is 17.9. The van der Waals surface area contributed by atoms with Crippen LogP contribution >= 0.6 is 0 Å². The molecule has 0 atom stereocenters. The zero-order valence-corrected chi connectivity index (χ0v) is 18.7. The van der Waals surface area contributed by atoms with Gasteiger partial charge in [0.05, 0.1) is 11.4 Å². The van der Waals surface area contributed by atoms with E-state index >= 15 is 0 Å². The zero-order chi connectivity index (χ0) is 22.4. The highest BCUT2D eigenvalue weighted by atomic mass is 32.2. The highest BCUT2D eigenvalue weighted by Gasteiger charge is 2.26. The van der Waals surface area contributed by atoms with Crippen LogP contribution in [0.3, 0.4) is 0 Å². The van der Waals surface area contributed by atoms with E-state index in [1.165, 1.54) is 10.6 Å². The van der Waals surface area contributed by atoms with E-state index in [1.54, 1.807) is 35.3 Å². The average molecular weight is 454 g/mol. The number of aryl methyl sites for hydroxylation is 1. The molecular weight excluding hydrogens is 426 g/mol. The van der Waals surface area contributed by atoms with Gasteiger partial charge < -0.3 is 5.32 Å². The van der Waals surface area contributed by atoms with Gasteiger partial charge in [-0.15, -0.1) is 0 Å². The van der Waals surface area contributed by atoms with E-state index in [9.17, 15) is 13.2 Å². The number of hydrogen-bond acceptors (Lipinski definition) is 5. The number of aromatic nitrogens is 3. The minimum Gasteiger partial charge on any atom is -0.352 e. The lowest BCUT2D eigenvalue weighted by Gasteiger charge is -2.15. The molecule has 0 radical (unpaired) electrons. The van der Waals surface area contributed by atoms with E-state index in [-0.39, 0.29) is 5.91 Å². The van der Waals surface area contributed by atoms with E-state index in [4.69, 9.17) is 0 Å². The minimum atomic E-state index is -3.40. The Bertz CT molecular complexity index is 1120. The molecule has 8 nitrogen and oxygen atoms in total. The highest BCUT2D eigenvalue weighted by molar-refractivity contribution is 7.89. The lowest BCUT2D eigenvalue weighted by molar-refractivity contribution is -0.121. The molecule has 0 unspecified atom stereocenters. The largest absolute Gasteiger partial charge is 0.352 e. The first-order chi connectivity index (χ1) is 15.5. The third-order valence-electron chi connectivity index (χ3n) is 5.59. The van der Waals surface area contributed by atoms with E-state index in [2.05, 4.69) is 15.4 Å². The molecule has 2 aromatic carbocycles. The summed E-state index contributed by atoms with van der Waals surface area (Å²) in [5, 5.41) is 7.03. The van der Waals surface area contributed by atoms with Crippen LogP contribution in [-0.2, 0) is 34.3 Å². The van der Waals surface area contributed by atoms with Crippen molar-refractivity contribution < 1.29 is 13.2 Å². The average Bonchev–Trinajstić information content (AvgIpc) is 3.52. The van der Waals surface area contributed by atoms with Gasteiger partial charge in [0.25, 0.3) is 0 Å². The molecule has 0 aliphatic carbocycles. The summed E-state index contributed by atoms with van der Waals surface area (Å²) in [6.45, 7) is 2.31. The number of carbonyl (C=O) groups excluding carboxylic acids is 1. The van der Waals surface area contributed by atoms with Gasteiger partial charge in [0.2, 0.25) is 15.9 Å². The summed E-state index contributed by atoms with van der Waals surface area (Å²) in [6.07, 6.45) is 5.93. The van der Waals surface area contributed by atoms with Crippen LogP contribution in [0.1, 0.15) is 36.0 Å². The molecule has 1 aliphatic heterocycles. The Morgan fingerprint density at radius 2 is 1.59 bits per heavy atom. The Balaban J connectivity index is 1.22. The molecule has 0 saturated carbocycles. The minimum absolute atomic E-state index is 0.0366. The molecule has 1 saturated heterocycles. The molecule has 4 rings (SSSR count). The molecule has 32 heavy (non-hydrogen) atoms. The quantitative estimate of drug-likeness (QED) is 0.536. The van der Waals surface area contributed by atoms with Gasteiger partial charge in [0.1, 0.15) is 12.7 Å². The normalized spacial score (nSPS) is 14.5. The summed E-state index contributed by atoms with van der Waals surface area (Å²) in [5.74, 6) is -0.0366. The van der Waals surface area contributed by atoms with Crippen LogP contribution in [0.15, 0.2) is 66.1 Å². The number of nitrogens with one attached hydrogen (secondary N) is 1. The van der Waals surface area contributed by atoms with E-state index < -0.39 is 10.0 Å². The molecule has 0 spiro atoms. The van der Waals surface area contributed by atoms with Crippen molar-refractivity contribution in [3.8, 4) is 0 Å². The number of carbonyl (C=O) groups is 1. The van der Waals surface area contributed by atoms with Crippen molar-refractivity contribution in [3.63, 3.8) is 0 Å². The van der Waals surface area contributed by atoms with Gasteiger partial charge in [-0.05, 0) is 48.1 Å². The second-order valence-electron chi connectivity index (χ2n) is 7.94. The predicted molar refractivity (Wildman–Crippen MR) is 120 cm³/mol. The van der Waals surface area contributed by atoms with E-state index in [0.29, 0.717) is 43.9 Å². The Morgan fingerprint density at radius 3 is 2.25 bits per heavy atom. The predicted octanol–water partition coefficient (Wildman–Crippen LogP) is 2.36. The maximum Gasteiger partial charge on any atom is 0.243 e. The summed E-state index contributed by atoms with van der Waals surface area (Å²) in [5.41, 5.74) is 3.08. The maximum absolute atomic E-state index is 12.6. The molecule has 168 valence electrons. The van der Waals surface area contributed by atoms with Crippen molar-refractivity contribution in [1.82, 2.24) is 24.4 Å². The molecule has 1 amide bonds. The molecular formula is C23H27N5O3S. The molecule has 1 fully saturated rings. The lowest BCUT2D eigenvalue weighted by atomic mass is 10.1. The van der Waals surface area contributed by atoms with E-state index in [0.717, 1.165) is 29.5 Å². The number of hydrogen-bond donors (Lipinski definition) is 1. The van der Waals surface area contributed by atoms with Crippen molar-refractivity contribution in [2.75, 3.05) is 13.1 Å². The third-order valence-corrected chi connectivity index (χ3v) is 7.50. The first-order valence-corrected chi connectivity index (χ1v) is 12.2. The Hall–Kier alpha value is -3.04. The topological polar surface area (TPSA) is 97.2 Å². The molecule has 9 heteroatoms. The molecule has 2 heterocycles. The molecule has 3 aromatic rings. The summed E-state index contributed by atoms with van der Waals surface area (Å²) in [7, 11) is -3.40. The van der Waals surface area contributed by atoms with Crippen LogP contribution in [0.4, 0.5) is 0 Å². The number of rotatable bonds is 9. The fraction of sp³-hybridized carbons (Fsp3) is 0.348. The van der Waals surface area contributed by atoms with Gasteiger partial charge in [0, 0.05) is 26.1 Å². The lowest BCUT2D eigenvalue weighted by Crippen LogP contribution is -2.27. The van der Waals surface area contributed by atoms with Gasteiger partial charge in [-0.1, -0.05) is 36.4 Å². The number of nitrogens with zero attached hydrogens (tertiary/aromatic N) is 4. The molecule has 1 N–H and O–H groups in total. The smallest absolute Gasteiger partial charge is 0.243 e. The van der Waals surface area contributed by atoms with Gasteiger partial charge in [-0.25, -0.2) is 18.1 Å². The van der Waals surface area contributed by atoms with Crippen molar-refractivity contribution in [2.45, 2.75) is 43.7 Å². The Morgan fingerprint density at radius 1 is 0.938 bits per heavy atom. The molecule has 0 bridgehead atoms. The van der Waals surface area contributed by atoms with Gasteiger partial charge in [0.15, 0.2) is 0 Å². The summed E-state index contributed by atoms with van der Waals surface area (Å²) in [6, 6.07) is 14.9. The van der Waals surface area contributed by atoms with Gasteiger partial charge in [-0.2, -0.15) is 9.40 Å². The second-order valence-corrected chi connectivity index (χ2v) is 9.88. The van der Waals surface area contributed by atoms with Crippen molar-refractivity contribution in [1.29, 1.82) is 0 Å². The van der Waals surface area contributed by atoms with Crippen LogP contribution in [0.25, 0.3) is 0 Å². The SMILES string of the molecule is O=C(CCc1ccc(S(=O)(=O)N2CCCC2)cc1)NCc1ccc(Cn2cncn2)cc1. The van der Waals surface area contributed by atoms with Crippen LogP contribution < -0.4 is 5.32 Å². The monoisotopic (exact) mass is 453 g/mol. The fourth-order valence-corrected chi connectivity index (χ4v) is 5.23. The van der Waals surface area contributed by atoms with E-state index in [1.807, 2.05) is 24.3 Å². The fourth-order valence-electron chi connectivity index (χ4n) is 3.72. The Kier molecular flexibility index (Phi) is 6.96. The van der Waals surface area contributed by atoms with Crippen molar-refractivity contribution in [2.24, 2.45) is 0 Å².